The number of hydrogen-bond donors (Lipinski definition) is 1. The second-order valence-electron chi connectivity index (χ2n) is 4.92. The summed E-state index contributed by atoms with van der Waals surface area (Å²) in [6.45, 7) is 4.16. The molecule has 1 aliphatic heterocycles. The van der Waals surface area contributed by atoms with E-state index in [0.29, 0.717) is 13.0 Å². The monoisotopic (exact) mass is 250 g/mol. The molecule has 4 nitrogen and oxygen atoms in total. The molecule has 18 heavy (non-hydrogen) atoms. The Labute approximate surface area is 107 Å². The van der Waals surface area contributed by atoms with E-state index in [4.69, 9.17) is 14.6 Å². The molecule has 0 radical (unpaired) electrons. The van der Waals surface area contributed by atoms with Crippen molar-refractivity contribution in [1.82, 2.24) is 0 Å². The van der Waals surface area contributed by atoms with Crippen LogP contribution in [0.2, 0.25) is 0 Å². The summed E-state index contributed by atoms with van der Waals surface area (Å²) in [5.41, 5.74) is 1.40. The second kappa shape index (κ2) is 5.40. The van der Waals surface area contributed by atoms with Crippen molar-refractivity contribution < 1.29 is 19.4 Å². The van der Waals surface area contributed by atoms with Crippen molar-refractivity contribution in [1.29, 1.82) is 0 Å². The van der Waals surface area contributed by atoms with E-state index in [9.17, 15) is 4.79 Å². The van der Waals surface area contributed by atoms with Gasteiger partial charge in [0.05, 0.1) is 19.8 Å². The molecule has 0 spiro atoms. The smallest absolute Gasteiger partial charge is 0.303 e. The largest absolute Gasteiger partial charge is 0.494 e. The van der Waals surface area contributed by atoms with Crippen LogP contribution >= 0.6 is 0 Å². The summed E-state index contributed by atoms with van der Waals surface area (Å²) in [5, 5.41) is 8.50. The van der Waals surface area contributed by atoms with Crippen molar-refractivity contribution >= 4 is 5.97 Å². The van der Waals surface area contributed by atoms with E-state index in [1.165, 1.54) is 5.56 Å². The van der Waals surface area contributed by atoms with Gasteiger partial charge in [0.2, 0.25) is 0 Å². The van der Waals surface area contributed by atoms with Gasteiger partial charge in [-0.1, -0.05) is 19.1 Å². The molecule has 0 saturated carbocycles. The topological polar surface area (TPSA) is 55.8 Å². The van der Waals surface area contributed by atoms with Gasteiger partial charge in [0.1, 0.15) is 5.75 Å². The fourth-order valence-electron chi connectivity index (χ4n) is 1.94. The summed E-state index contributed by atoms with van der Waals surface area (Å²) in [5.74, 6) is -0.000151. The first-order chi connectivity index (χ1) is 8.60. The minimum absolute atomic E-state index is 0.141. The van der Waals surface area contributed by atoms with Crippen LogP contribution in [0.15, 0.2) is 24.3 Å². The molecule has 1 aliphatic rings. The Hall–Kier alpha value is -1.55. The lowest BCUT2D eigenvalue weighted by Crippen LogP contribution is -2.43. The number of rotatable bonds is 6. The third-order valence-corrected chi connectivity index (χ3v) is 3.20. The number of carbonyl (C=O) groups is 1. The Kier molecular flexibility index (Phi) is 3.87. The molecule has 1 aromatic rings. The van der Waals surface area contributed by atoms with E-state index in [-0.39, 0.29) is 11.8 Å². The van der Waals surface area contributed by atoms with Crippen LogP contribution in [0, 0.1) is 0 Å². The van der Waals surface area contributed by atoms with Crippen molar-refractivity contribution in [3.05, 3.63) is 29.8 Å². The molecule has 1 N–H and O–H groups in total. The van der Waals surface area contributed by atoms with Gasteiger partial charge in [0.25, 0.3) is 0 Å². The molecule has 0 amide bonds. The van der Waals surface area contributed by atoms with Crippen LogP contribution in [0.1, 0.15) is 25.3 Å². The first kappa shape index (κ1) is 12.9. The van der Waals surface area contributed by atoms with E-state index < -0.39 is 5.97 Å². The predicted molar refractivity (Wildman–Crippen MR) is 67.0 cm³/mol. The minimum atomic E-state index is -0.785. The Morgan fingerprint density at radius 2 is 2.06 bits per heavy atom. The number of carboxylic acids is 1. The van der Waals surface area contributed by atoms with Crippen LogP contribution in [-0.2, 0) is 14.9 Å². The summed E-state index contributed by atoms with van der Waals surface area (Å²) in [7, 11) is 0. The maximum absolute atomic E-state index is 10.3. The van der Waals surface area contributed by atoms with Crippen molar-refractivity contribution in [2.45, 2.75) is 25.2 Å². The number of benzene rings is 1. The van der Waals surface area contributed by atoms with E-state index >= 15 is 0 Å². The molecule has 1 heterocycles. The fourth-order valence-corrected chi connectivity index (χ4v) is 1.94. The summed E-state index contributed by atoms with van der Waals surface area (Å²) in [6, 6.07) is 7.96. The van der Waals surface area contributed by atoms with Crippen molar-refractivity contribution in [2.24, 2.45) is 0 Å². The molecular weight excluding hydrogens is 232 g/mol. The van der Waals surface area contributed by atoms with Gasteiger partial charge in [-0.3, -0.25) is 4.79 Å². The molecule has 4 heteroatoms. The van der Waals surface area contributed by atoms with Crippen LogP contribution in [0.25, 0.3) is 0 Å². The Balaban J connectivity index is 1.82. The summed E-state index contributed by atoms with van der Waals surface area (Å²) in [4.78, 5) is 10.3. The maximum Gasteiger partial charge on any atom is 0.303 e. The lowest BCUT2D eigenvalue weighted by atomic mass is 9.81. The second-order valence-corrected chi connectivity index (χ2v) is 4.92. The maximum atomic E-state index is 10.3. The zero-order chi connectivity index (χ0) is 13.0. The molecule has 0 aromatic heterocycles. The highest BCUT2D eigenvalue weighted by Gasteiger charge is 2.34. The van der Waals surface area contributed by atoms with Crippen LogP contribution in [-0.4, -0.2) is 30.9 Å². The average Bonchev–Trinajstić information content (AvgIpc) is 2.32. The molecule has 0 bridgehead atoms. The van der Waals surface area contributed by atoms with Crippen molar-refractivity contribution in [3.8, 4) is 5.75 Å². The van der Waals surface area contributed by atoms with Crippen LogP contribution in [0.4, 0.5) is 0 Å². The van der Waals surface area contributed by atoms with Gasteiger partial charge >= 0.3 is 5.97 Å². The Bertz CT molecular complexity index is 406. The molecule has 0 atom stereocenters. The van der Waals surface area contributed by atoms with Gasteiger partial charge in [-0.2, -0.15) is 0 Å². The Morgan fingerprint density at radius 3 is 2.56 bits per heavy atom. The normalized spacial score (nSPS) is 16.9. The molecule has 1 saturated heterocycles. The summed E-state index contributed by atoms with van der Waals surface area (Å²) < 4.78 is 10.7. The molecule has 98 valence electrons. The quantitative estimate of drug-likeness (QED) is 0.786. The number of carboxylic acid groups (broad SMARTS) is 1. The third kappa shape index (κ3) is 3.01. The Morgan fingerprint density at radius 1 is 1.39 bits per heavy atom. The van der Waals surface area contributed by atoms with Crippen LogP contribution in [0.5, 0.6) is 5.75 Å². The standard InChI is InChI=1S/C14H18O4/c1-14(9-17-10-14)11-4-6-12(7-5-11)18-8-2-3-13(15)16/h4-7H,2-3,8-10H2,1H3,(H,15,16). The van der Waals surface area contributed by atoms with Gasteiger partial charge < -0.3 is 14.6 Å². The van der Waals surface area contributed by atoms with Crippen molar-refractivity contribution in [3.63, 3.8) is 0 Å². The lowest BCUT2D eigenvalue weighted by molar-refractivity contribution is -0.137. The molecule has 1 aromatic carbocycles. The van der Waals surface area contributed by atoms with E-state index in [2.05, 4.69) is 19.1 Å². The summed E-state index contributed by atoms with van der Waals surface area (Å²) >= 11 is 0. The number of aliphatic carboxylic acids is 1. The first-order valence-electron chi connectivity index (χ1n) is 6.13. The van der Waals surface area contributed by atoms with Crippen LogP contribution < -0.4 is 4.74 Å². The van der Waals surface area contributed by atoms with Gasteiger partial charge in [0, 0.05) is 11.8 Å². The average molecular weight is 250 g/mol. The highest BCUT2D eigenvalue weighted by Crippen LogP contribution is 2.32. The van der Waals surface area contributed by atoms with Crippen molar-refractivity contribution in [2.75, 3.05) is 19.8 Å². The zero-order valence-corrected chi connectivity index (χ0v) is 10.5. The molecule has 0 unspecified atom stereocenters. The summed E-state index contributed by atoms with van der Waals surface area (Å²) in [6.07, 6.45) is 0.677. The predicted octanol–water partition coefficient (Wildman–Crippen LogP) is 2.22. The first-order valence-corrected chi connectivity index (χ1v) is 6.13. The SMILES string of the molecule is CC1(c2ccc(OCCCC(=O)O)cc2)COC1. The minimum Gasteiger partial charge on any atom is -0.494 e. The molecule has 2 rings (SSSR count). The van der Waals surface area contributed by atoms with E-state index in [1.54, 1.807) is 0 Å². The molecular formula is C14H18O4. The van der Waals surface area contributed by atoms with Gasteiger partial charge in [0.15, 0.2) is 0 Å². The third-order valence-electron chi connectivity index (χ3n) is 3.20. The van der Waals surface area contributed by atoms with Gasteiger partial charge in [-0.05, 0) is 24.1 Å². The lowest BCUT2D eigenvalue weighted by Gasteiger charge is -2.38. The van der Waals surface area contributed by atoms with Gasteiger partial charge in [-0.25, -0.2) is 0 Å². The molecule has 0 aliphatic carbocycles. The van der Waals surface area contributed by atoms with Gasteiger partial charge in [-0.15, -0.1) is 0 Å². The highest BCUT2D eigenvalue weighted by atomic mass is 16.5. The molecule has 1 fully saturated rings. The fraction of sp³-hybridized carbons (Fsp3) is 0.500. The van der Waals surface area contributed by atoms with E-state index in [1.807, 2.05) is 12.1 Å². The van der Waals surface area contributed by atoms with Crippen LogP contribution in [0.3, 0.4) is 0 Å². The highest BCUT2D eigenvalue weighted by molar-refractivity contribution is 5.66. The number of ether oxygens (including phenoxy) is 2. The van der Waals surface area contributed by atoms with E-state index in [0.717, 1.165) is 19.0 Å². The zero-order valence-electron chi connectivity index (χ0n) is 10.5. The number of hydrogen-bond acceptors (Lipinski definition) is 3.